The van der Waals surface area contributed by atoms with Crippen molar-refractivity contribution in [2.45, 2.75) is 20.5 Å². The number of aryl methyl sites for hydroxylation is 2. The predicted molar refractivity (Wildman–Crippen MR) is 89.4 cm³/mol. The van der Waals surface area contributed by atoms with Crippen molar-refractivity contribution >= 4 is 18.4 Å². The predicted octanol–water partition coefficient (Wildman–Crippen LogP) is 3.61. The minimum atomic E-state index is 0.364. The Balaban J connectivity index is 1.67. The highest BCUT2D eigenvalue weighted by Gasteiger charge is 2.04. The summed E-state index contributed by atoms with van der Waals surface area (Å²) >= 11 is 5.08. The molecule has 0 aliphatic heterocycles. The Morgan fingerprint density at radius 2 is 2.13 bits per heavy atom. The van der Waals surface area contributed by atoms with Gasteiger partial charge in [0.2, 0.25) is 4.77 Å². The first-order valence-corrected chi connectivity index (χ1v) is 7.50. The number of hydrogen-bond donors (Lipinski definition) is 1. The first-order chi connectivity index (χ1) is 11.1. The van der Waals surface area contributed by atoms with Crippen LogP contribution in [0.5, 0.6) is 5.75 Å². The SMILES string of the molecule is Cc1ccccc1OCc1ccc(/C=N/n2c(C)n[nH]c2=S)o1. The number of aromatic nitrogens is 3. The molecule has 0 bridgehead atoms. The van der Waals surface area contributed by atoms with Crippen LogP contribution < -0.4 is 4.74 Å². The highest BCUT2D eigenvalue weighted by atomic mass is 32.1. The van der Waals surface area contributed by atoms with Gasteiger partial charge in [0.15, 0.2) is 0 Å². The van der Waals surface area contributed by atoms with Crippen molar-refractivity contribution in [2.75, 3.05) is 0 Å². The first-order valence-electron chi connectivity index (χ1n) is 7.09. The van der Waals surface area contributed by atoms with E-state index in [9.17, 15) is 0 Å². The average molecular weight is 328 g/mol. The van der Waals surface area contributed by atoms with E-state index in [1.165, 1.54) is 4.68 Å². The maximum Gasteiger partial charge on any atom is 0.216 e. The van der Waals surface area contributed by atoms with Crippen LogP contribution in [0.4, 0.5) is 0 Å². The molecule has 0 saturated carbocycles. The van der Waals surface area contributed by atoms with Gasteiger partial charge < -0.3 is 9.15 Å². The van der Waals surface area contributed by atoms with Gasteiger partial charge in [-0.25, -0.2) is 0 Å². The lowest BCUT2D eigenvalue weighted by atomic mass is 10.2. The molecule has 23 heavy (non-hydrogen) atoms. The van der Waals surface area contributed by atoms with Gasteiger partial charge in [0, 0.05) is 0 Å². The number of ether oxygens (including phenoxy) is 1. The van der Waals surface area contributed by atoms with Crippen molar-refractivity contribution in [1.82, 2.24) is 14.9 Å². The molecular formula is C16H16N4O2S. The number of nitrogens with zero attached hydrogens (tertiary/aromatic N) is 3. The molecular weight excluding hydrogens is 312 g/mol. The largest absolute Gasteiger partial charge is 0.485 e. The van der Waals surface area contributed by atoms with Crippen LogP contribution in [0.25, 0.3) is 0 Å². The second kappa shape index (κ2) is 6.62. The molecule has 0 aliphatic carbocycles. The molecule has 0 atom stereocenters. The Hall–Kier alpha value is -2.67. The number of hydrogen-bond acceptors (Lipinski definition) is 5. The summed E-state index contributed by atoms with van der Waals surface area (Å²) in [6.07, 6.45) is 1.59. The Labute approximate surface area is 138 Å². The molecule has 2 heterocycles. The van der Waals surface area contributed by atoms with Crippen molar-refractivity contribution in [2.24, 2.45) is 5.10 Å². The van der Waals surface area contributed by atoms with Gasteiger partial charge in [-0.05, 0) is 49.8 Å². The van der Waals surface area contributed by atoms with Crippen molar-refractivity contribution < 1.29 is 9.15 Å². The lowest BCUT2D eigenvalue weighted by Crippen LogP contribution is -1.95. The average Bonchev–Trinajstić information content (AvgIpc) is 3.12. The highest BCUT2D eigenvalue weighted by molar-refractivity contribution is 7.71. The van der Waals surface area contributed by atoms with Crippen molar-refractivity contribution in [3.05, 3.63) is 64.1 Å². The van der Waals surface area contributed by atoms with Gasteiger partial charge in [-0.2, -0.15) is 14.9 Å². The third-order valence-corrected chi connectivity index (χ3v) is 3.52. The summed E-state index contributed by atoms with van der Waals surface area (Å²) in [6, 6.07) is 11.6. The third-order valence-electron chi connectivity index (χ3n) is 3.26. The highest BCUT2D eigenvalue weighted by Crippen LogP contribution is 2.18. The van der Waals surface area contributed by atoms with Crippen LogP contribution in [0, 0.1) is 18.6 Å². The van der Waals surface area contributed by atoms with E-state index in [1.54, 1.807) is 6.21 Å². The number of nitrogens with one attached hydrogen (secondary N) is 1. The molecule has 0 unspecified atom stereocenters. The topological polar surface area (TPSA) is 68.3 Å². The molecule has 0 radical (unpaired) electrons. The van der Waals surface area contributed by atoms with Gasteiger partial charge in [0.25, 0.3) is 0 Å². The summed E-state index contributed by atoms with van der Waals surface area (Å²) < 4.78 is 13.4. The van der Waals surface area contributed by atoms with Crippen molar-refractivity contribution in [1.29, 1.82) is 0 Å². The van der Waals surface area contributed by atoms with E-state index in [-0.39, 0.29) is 0 Å². The maximum absolute atomic E-state index is 5.75. The van der Waals surface area contributed by atoms with Crippen LogP contribution in [0.3, 0.4) is 0 Å². The normalized spacial score (nSPS) is 11.2. The van der Waals surface area contributed by atoms with Crippen molar-refractivity contribution in [3.8, 4) is 5.75 Å². The number of benzene rings is 1. The number of aromatic amines is 1. The minimum absolute atomic E-state index is 0.364. The summed E-state index contributed by atoms with van der Waals surface area (Å²) in [5.74, 6) is 2.87. The van der Waals surface area contributed by atoms with E-state index < -0.39 is 0 Å². The zero-order valence-corrected chi connectivity index (χ0v) is 13.6. The van der Waals surface area contributed by atoms with E-state index in [2.05, 4.69) is 15.3 Å². The van der Waals surface area contributed by atoms with Gasteiger partial charge in [0.1, 0.15) is 29.7 Å². The fraction of sp³-hybridized carbons (Fsp3) is 0.188. The Kier molecular flexibility index (Phi) is 4.38. The second-order valence-corrected chi connectivity index (χ2v) is 5.38. The van der Waals surface area contributed by atoms with Crippen LogP contribution in [0.2, 0.25) is 0 Å². The molecule has 3 rings (SSSR count). The Morgan fingerprint density at radius 1 is 1.30 bits per heavy atom. The van der Waals surface area contributed by atoms with Crippen LogP contribution in [0.1, 0.15) is 22.9 Å². The van der Waals surface area contributed by atoms with Gasteiger partial charge in [-0.3, -0.25) is 5.10 Å². The summed E-state index contributed by atoms with van der Waals surface area (Å²) in [4.78, 5) is 0. The van der Waals surface area contributed by atoms with E-state index in [0.29, 0.717) is 23.0 Å². The second-order valence-electron chi connectivity index (χ2n) is 4.99. The molecule has 0 fully saturated rings. The minimum Gasteiger partial charge on any atom is -0.485 e. The molecule has 2 aromatic heterocycles. The van der Waals surface area contributed by atoms with Gasteiger partial charge in [0.05, 0.1) is 6.21 Å². The zero-order valence-electron chi connectivity index (χ0n) is 12.8. The first kappa shape index (κ1) is 15.2. The molecule has 6 nitrogen and oxygen atoms in total. The van der Waals surface area contributed by atoms with E-state index in [1.807, 2.05) is 50.2 Å². The van der Waals surface area contributed by atoms with E-state index >= 15 is 0 Å². The number of H-pyrrole nitrogens is 1. The third kappa shape index (κ3) is 3.57. The zero-order chi connectivity index (χ0) is 16.2. The number of para-hydroxylation sites is 1. The summed E-state index contributed by atoms with van der Waals surface area (Å²) in [6.45, 7) is 4.18. The van der Waals surface area contributed by atoms with E-state index in [0.717, 1.165) is 17.1 Å². The molecule has 0 aliphatic rings. The van der Waals surface area contributed by atoms with Crippen LogP contribution in [-0.2, 0) is 6.61 Å². The Morgan fingerprint density at radius 3 is 2.87 bits per heavy atom. The Bertz CT molecular complexity index is 891. The van der Waals surface area contributed by atoms with E-state index in [4.69, 9.17) is 21.4 Å². The molecule has 7 heteroatoms. The van der Waals surface area contributed by atoms with Gasteiger partial charge >= 0.3 is 0 Å². The molecule has 1 N–H and O–H groups in total. The molecule has 0 spiro atoms. The fourth-order valence-corrected chi connectivity index (χ4v) is 2.25. The smallest absolute Gasteiger partial charge is 0.216 e. The van der Waals surface area contributed by atoms with Crippen LogP contribution in [-0.4, -0.2) is 21.1 Å². The molecule has 118 valence electrons. The maximum atomic E-state index is 5.75. The standard InChI is InChI=1S/C16H16N4O2S/c1-11-5-3-4-6-15(11)21-10-14-8-7-13(22-14)9-17-20-12(2)18-19-16(20)23/h3-9H,10H2,1-2H3,(H,19,23)/b17-9+. The summed E-state index contributed by atoms with van der Waals surface area (Å²) in [5, 5.41) is 10.9. The van der Waals surface area contributed by atoms with Gasteiger partial charge in [-0.15, -0.1) is 0 Å². The number of furan rings is 1. The molecule has 1 aromatic carbocycles. The van der Waals surface area contributed by atoms with Crippen molar-refractivity contribution in [3.63, 3.8) is 0 Å². The fourth-order valence-electron chi connectivity index (χ4n) is 2.03. The lowest BCUT2D eigenvalue weighted by Gasteiger charge is -2.06. The number of rotatable bonds is 5. The van der Waals surface area contributed by atoms with Gasteiger partial charge in [-0.1, -0.05) is 18.2 Å². The summed E-state index contributed by atoms with van der Waals surface area (Å²) in [5.41, 5.74) is 1.09. The quantitative estimate of drug-likeness (QED) is 0.574. The monoisotopic (exact) mass is 328 g/mol. The van der Waals surface area contributed by atoms with Crippen LogP contribution in [0.15, 0.2) is 45.9 Å². The molecule has 0 amide bonds. The molecule has 0 saturated heterocycles. The molecule has 3 aromatic rings. The summed E-state index contributed by atoms with van der Waals surface area (Å²) in [7, 11) is 0. The lowest BCUT2D eigenvalue weighted by molar-refractivity contribution is 0.268. The van der Waals surface area contributed by atoms with Crippen LogP contribution >= 0.6 is 12.2 Å².